The minimum atomic E-state index is -0.139. The molecule has 1 amide bonds. The van der Waals surface area contributed by atoms with Crippen LogP contribution in [-0.2, 0) is 13.2 Å². The van der Waals surface area contributed by atoms with Crippen LogP contribution in [0.15, 0.2) is 84.9 Å². The van der Waals surface area contributed by atoms with Crippen molar-refractivity contribution in [1.29, 1.82) is 0 Å². The van der Waals surface area contributed by atoms with Gasteiger partial charge in [0.05, 0.1) is 5.56 Å². The van der Waals surface area contributed by atoms with Gasteiger partial charge in [-0.3, -0.25) is 9.69 Å². The van der Waals surface area contributed by atoms with Crippen LogP contribution >= 0.6 is 0 Å². The highest BCUT2D eigenvalue weighted by molar-refractivity contribution is 5.97. The van der Waals surface area contributed by atoms with E-state index in [4.69, 9.17) is 19.4 Å². The molecule has 0 aliphatic carbocycles. The molecule has 1 aromatic heterocycles. The van der Waals surface area contributed by atoms with Crippen molar-refractivity contribution < 1.29 is 14.3 Å². The fourth-order valence-electron chi connectivity index (χ4n) is 7.43. The molecule has 0 unspecified atom stereocenters. The summed E-state index contributed by atoms with van der Waals surface area (Å²) in [5.41, 5.74) is 2.62. The van der Waals surface area contributed by atoms with Crippen LogP contribution in [0.25, 0.3) is 0 Å². The first-order valence-corrected chi connectivity index (χ1v) is 19.8. The average molecular weight is 718 g/mol. The number of amides is 1. The molecule has 1 N–H and O–H groups in total. The Morgan fingerprint density at radius 2 is 1.19 bits per heavy atom. The molecule has 3 saturated heterocycles. The predicted octanol–water partition coefficient (Wildman–Crippen LogP) is 6.95. The second-order valence-corrected chi connectivity index (χ2v) is 14.5. The van der Waals surface area contributed by atoms with E-state index < -0.39 is 0 Å². The average Bonchev–Trinajstić information content (AvgIpc) is 3.96. The van der Waals surface area contributed by atoms with Gasteiger partial charge in [0.15, 0.2) is 0 Å². The third-order valence-corrected chi connectivity index (χ3v) is 10.6. The predicted molar refractivity (Wildman–Crippen MR) is 212 cm³/mol. The van der Waals surface area contributed by atoms with Crippen molar-refractivity contribution in [3.05, 3.63) is 102 Å². The Labute approximate surface area is 315 Å². The van der Waals surface area contributed by atoms with Crippen LogP contribution in [-0.4, -0.2) is 86.2 Å². The lowest BCUT2D eigenvalue weighted by Gasteiger charge is -2.36. The number of hydrogen-bond acceptors (Lipinski definition) is 9. The Morgan fingerprint density at radius 3 is 1.85 bits per heavy atom. The van der Waals surface area contributed by atoms with Gasteiger partial charge in [-0.25, -0.2) is 0 Å². The number of hydrogen-bond donors (Lipinski definition) is 1. The second kappa shape index (κ2) is 18.8. The highest BCUT2D eigenvalue weighted by atomic mass is 16.5. The smallest absolute Gasteiger partial charge is 0.255 e. The third-order valence-electron chi connectivity index (χ3n) is 10.6. The van der Waals surface area contributed by atoms with Crippen LogP contribution in [0, 0.1) is 0 Å². The minimum absolute atomic E-state index is 0.139. The Balaban J connectivity index is 0.840. The zero-order valence-electron chi connectivity index (χ0n) is 31.1. The lowest BCUT2D eigenvalue weighted by Crippen LogP contribution is -2.47. The van der Waals surface area contributed by atoms with Gasteiger partial charge in [-0.2, -0.15) is 9.97 Å². The molecule has 0 bridgehead atoms. The zero-order chi connectivity index (χ0) is 36.1. The summed E-state index contributed by atoms with van der Waals surface area (Å²) < 4.78 is 12.2. The Bertz CT molecular complexity index is 1690. The van der Waals surface area contributed by atoms with E-state index in [2.05, 4.69) is 31.0 Å². The van der Waals surface area contributed by atoms with Gasteiger partial charge in [-0.15, -0.1) is 0 Å². The van der Waals surface area contributed by atoms with Gasteiger partial charge in [0.2, 0.25) is 5.95 Å². The number of benzene rings is 3. The minimum Gasteiger partial charge on any atom is -0.489 e. The van der Waals surface area contributed by atoms with E-state index in [1.54, 1.807) is 6.07 Å². The van der Waals surface area contributed by atoms with Gasteiger partial charge >= 0.3 is 0 Å². The number of rotatable bonds is 17. The van der Waals surface area contributed by atoms with Gasteiger partial charge < -0.3 is 29.5 Å². The van der Waals surface area contributed by atoms with E-state index in [9.17, 15) is 4.79 Å². The largest absolute Gasteiger partial charge is 0.489 e. The number of carbonyl (C=O) groups is 1. The molecule has 0 spiro atoms. The van der Waals surface area contributed by atoms with Gasteiger partial charge in [0.1, 0.15) is 36.3 Å². The fraction of sp³-hybridized carbons (Fsp3) is 0.465. The Kier molecular flexibility index (Phi) is 12.9. The van der Waals surface area contributed by atoms with Crippen molar-refractivity contribution in [3.8, 4) is 11.5 Å². The summed E-state index contributed by atoms with van der Waals surface area (Å²) in [7, 11) is 0. The number of anilines is 3. The molecule has 10 heteroatoms. The number of nitrogens with one attached hydrogen (secondary N) is 1. The maximum absolute atomic E-state index is 13.4. The number of aromatic nitrogens is 2. The molecule has 0 atom stereocenters. The molecule has 10 nitrogen and oxygen atoms in total. The summed E-state index contributed by atoms with van der Waals surface area (Å²) in [6, 6.07) is 27.8. The van der Waals surface area contributed by atoms with E-state index in [0.29, 0.717) is 36.8 Å². The number of nitrogens with zero attached hydrogens (tertiary/aromatic N) is 6. The first-order chi connectivity index (χ1) is 26.2. The van der Waals surface area contributed by atoms with Gasteiger partial charge in [-0.1, -0.05) is 73.5 Å². The topological polar surface area (TPSA) is 86.3 Å². The number of carbonyl (C=O) groups excluding carboxylic acids is 1. The molecule has 4 heterocycles. The molecule has 7 rings (SSSR count). The standard InChI is InChI=1S/C43H55N7O3/c51-42(38-31-37(52-33-35-15-5-3-6-16-35)19-20-39(38)53-34-36-17-7-4-8-18-36)44-21-9-1-2-10-22-47-27-29-49(30-28-47)41-32-40(48-23-11-12-24-48)45-43(46-41)50-25-13-14-26-50/h3-8,15-20,31-32H,1-2,9-14,21-30,33-34H2,(H,44,51). The van der Waals surface area contributed by atoms with E-state index in [-0.39, 0.29) is 5.91 Å². The van der Waals surface area contributed by atoms with Crippen molar-refractivity contribution in [3.63, 3.8) is 0 Å². The molecule has 53 heavy (non-hydrogen) atoms. The molecule has 3 aliphatic heterocycles. The maximum atomic E-state index is 13.4. The fourth-order valence-corrected chi connectivity index (χ4v) is 7.43. The van der Waals surface area contributed by atoms with Crippen LogP contribution in [0.5, 0.6) is 11.5 Å². The van der Waals surface area contributed by atoms with Crippen molar-refractivity contribution >= 4 is 23.5 Å². The monoisotopic (exact) mass is 717 g/mol. The maximum Gasteiger partial charge on any atom is 0.255 e. The SMILES string of the molecule is O=C(NCCCCCCN1CCN(c2cc(N3CCCC3)nc(N3CCCC3)n2)CC1)c1cc(OCc2ccccc2)ccc1OCc1ccccc1. The number of ether oxygens (including phenoxy) is 2. The summed E-state index contributed by atoms with van der Waals surface area (Å²) in [4.78, 5) is 33.4. The molecule has 3 fully saturated rings. The lowest BCUT2D eigenvalue weighted by atomic mass is 10.1. The Morgan fingerprint density at radius 1 is 0.604 bits per heavy atom. The zero-order valence-corrected chi connectivity index (χ0v) is 31.1. The summed E-state index contributed by atoms with van der Waals surface area (Å²) in [6.07, 6.45) is 9.29. The quantitative estimate of drug-likeness (QED) is 0.117. The van der Waals surface area contributed by atoms with E-state index in [1.807, 2.05) is 72.8 Å². The second-order valence-electron chi connectivity index (χ2n) is 14.5. The number of unbranched alkanes of at least 4 members (excludes halogenated alkanes) is 3. The first kappa shape index (κ1) is 36.5. The van der Waals surface area contributed by atoms with Crippen LogP contribution in [0.2, 0.25) is 0 Å². The van der Waals surface area contributed by atoms with Gasteiger partial charge in [0, 0.05) is 65.0 Å². The molecule has 0 radical (unpaired) electrons. The molecule has 280 valence electrons. The highest BCUT2D eigenvalue weighted by Crippen LogP contribution is 2.29. The number of piperazine rings is 1. The van der Waals surface area contributed by atoms with Gasteiger partial charge in [0.25, 0.3) is 5.91 Å². The van der Waals surface area contributed by atoms with E-state index >= 15 is 0 Å². The lowest BCUT2D eigenvalue weighted by molar-refractivity contribution is 0.0947. The van der Waals surface area contributed by atoms with Crippen molar-refractivity contribution in [2.75, 3.05) is 80.1 Å². The van der Waals surface area contributed by atoms with Crippen LogP contribution in [0.1, 0.15) is 72.9 Å². The molecule has 3 aromatic carbocycles. The summed E-state index contributed by atoms with van der Waals surface area (Å²) >= 11 is 0. The molecule has 4 aromatic rings. The van der Waals surface area contributed by atoms with Crippen molar-refractivity contribution in [2.24, 2.45) is 0 Å². The molecular weight excluding hydrogens is 663 g/mol. The van der Waals surface area contributed by atoms with Crippen molar-refractivity contribution in [2.45, 2.75) is 64.6 Å². The molecule has 3 aliphatic rings. The van der Waals surface area contributed by atoms with E-state index in [1.165, 1.54) is 25.7 Å². The van der Waals surface area contributed by atoms with Gasteiger partial charge in [-0.05, 0) is 74.4 Å². The van der Waals surface area contributed by atoms with Crippen LogP contribution < -0.4 is 29.5 Å². The molecule has 0 saturated carbocycles. The Hall–Kier alpha value is -4.83. The third kappa shape index (κ3) is 10.4. The summed E-state index contributed by atoms with van der Waals surface area (Å²) in [5.74, 6) is 4.16. The summed E-state index contributed by atoms with van der Waals surface area (Å²) in [6.45, 7) is 11.0. The van der Waals surface area contributed by atoms with Crippen LogP contribution in [0.4, 0.5) is 17.6 Å². The normalized spacial score (nSPS) is 16.3. The van der Waals surface area contributed by atoms with Crippen LogP contribution in [0.3, 0.4) is 0 Å². The summed E-state index contributed by atoms with van der Waals surface area (Å²) in [5, 5.41) is 3.14. The highest BCUT2D eigenvalue weighted by Gasteiger charge is 2.24. The van der Waals surface area contributed by atoms with Crippen molar-refractivity contribution in [1.82, 2.24) is 20.2 Å². The first-order valence-electron chi connectivity index (χ1n) is 19.8. The molecular formula is C43H55N7O3. The van der Waals surface area contributed by atoms with E-state index in [0.717, 1.165) is 113 Å².